The second-order valence-corrected chi connectivity index (χ2v) is 6.91. The lowest BCUT2D eigenvalue weighted by atomic mass is 10.1. The molecular weight excluding hydrogens is 369 g/mol. The molecule has 0 N–H and O–H groups in total. The molecule has 1 atom stereocenters. The summed E-state index contributed by atoms with van der Waals surface area (Å²) >= 11 is 3.21. The largest absolute Gasteiger partial charge is 0.465 e. The average Bonchev–Trinajstić information content (AvgIpc) is 2.79. The number of benzene rings is 1. The minimum atomic E-state index is -4.82. The van der Waals surface area contributed by atoms with Gasteiger partial charge in [-0.05, 0) is 28.1 Å². The van der Waals surface area contributed by atoms with Crippen molar-refractivity contribution in [1.82, 2.24) is 0 Å². The van der Waals surface area contributed by atoms with E-state index in [9.17, 15) is 21.9 Å². The van der Waals surface area contributed by atoms with Crippen molar-refractivity contribution in [3.05, 3.63) is 28.2 Å². The molecule has 114 valence electrons. The highest BCUT2D eigenvalue weighted by molar-refractivity contribution is 9.10. The van der Waals surface area contributed by atoms with E-state index in [2.05, 4.69) is 20.7 Å². The monoisotopic (exact) mass is 379 g/mol. The Hall–Kier alpha value is -1.48. The second kappa shape index (κ2) is 5.72. The van der Waals surface area contributed by atoms with E-state index >= 15 is 0 Å². The first-order chi connectivity index (χ1) is 9.75. The Balaban J connectivity index is 2.48. The summed E-state index contributed by atoms with van der Waals surface area (Å²) in [5, 5.41) is -1.43. The van der Waals surface area contributed by atoms with Gasteiger partial charge in [-0.3, -0.25) is 4.79 Å². The van der Waals surface area contributed by atoms with Crippen molar-refractivity contribution >= 4 is 43.7 Å². The fraction of sp³-hybridized carbons (Fsp3) is 0.333. The molecule has 1 fully saturated rings. The number of anilines is 1. The molecule has 9 heteroatoms. The van der Waals surface area contributed by atoms with Gasteiger partial charge in [-0.15, -0.1) is 3.89 Å². The van der Waals surface area contributed by atoms with E-state index in [1.807, 2.05) is 0 Å². The summed E-state index contributed by atoms with van der Waals surface area (Å²) in [6.07, 6.45) is -0.458. The number of halogens is 2. The van der Waals surface area contributed by atoms with Crippen molar-refractivity contribution in [1.29, 1.82) is 0 Å². The van der Waals surface area contributed by atoms with Crippen LogP contribution in [0.3, 0.4) is 0 Å². The van der Waals surface area contributed by atoms with Crippen molar-refractivity contribution in [2.45, 2.75) is 11.7 Å². The van der Waals surface area contributed by atoms with E-state index in [1.165, 1.54) is 13.2 Å². The maximum Gasteiger partial charge on any atom is 0.340 e. The number of esters is 1. The molecule has 6 nitrogen and oxygen atoms in total. The Morgan fingerprint density at radius 1 is 1.48 bits per heavy atom. The fourth-order valence-electron chi connectivity index (χ4n) is 2.14. The first-order valence-electron chi connectivity index (χ1n) is 5.86. The molecule has 0 bridgehead atoms. The molecule has 2 rings (SSSR count). The smallest absolute Gasteiger partial charge is 0.340 e. The van der Waals surface area contributed by atoms with Gasteiger partial charge in [0.2, 0.25) is 5.91 Å². The van der Waals surface area contributed by atoms with Gasteiger partial charge < -0.3 is 9.64 Å². The van der Waals surface area contributed by atoms with E-state index in [0.717, 1.165) is 4.90 Å². The number of hydrogen-bond acceptors (Lipinski definition) is 5. The predicted molar refractivity (Wildman–Crippen MR) is 76.3 cm³/mol. The number of carbonyl (C=O) groups excluding carboxylic acids is 2. The normalized spacial score (nSPS) is 18.9. The number of ether oxygens (including phenoxy) is 1. The topological polar surface area (TPSA) is 80.8 Å². The number of para-hydroxylation sites is 1. The molecule has 1 aliphatic heterocycles. The lowest BCUT2D eigenvalue weighted by molar-refractivity contribution is -0.117. The lowest BCUT2D eigenvalue weighted by Gasteiger charge is -2.20. The molecule has 0 aliphatic carbocycles. The molecule has 1 aliphatic rings. The Bertz CT molecular complexity index is 706. The predicted octanol–water partition coefficient (Wildman–Crippen LogP) is 1.64. The van der Waals surface area contributed by atoms with Gasteiger partial charge in [0, 0.05) is 17.4 Å². The Kier molecular flexibility index (Phi) is 4.33. The Labute approximate surface area is 129 Å². The molecule has 21 heavy (non-hydrogen) atoms. The minimum absolute atomic E-state index is 0.0946. The summed E-state index contributed by atoms with van der Waals surface area (Å²) in [5.74, 6) is -1.25. The number of rotatable bonds is 3. The molecule has 0 spiro atoms. The zero-order valence-corrected chi connectivity index (χ0v) is 13.3. The van der Waals surface area contributed by atoms with Crippen LogP contribution in [0.5, 0.6) is 0 Å². The number of hydrogen-bond donors (Lipinski definition) is 0. The SMILES string of the molecule is COC(=O)c1cccc(Br)c1N1CC(S(=O)(=O)F)CC1=O. The highest BCUT2D eigenvalue weighted by Gasteiger charge is 2.40. The van der Waals surface area contributed by atoms with Crippen molar-refractivity contribution in [3.8, 4) is 0 Å². The van der Waals surface area contributed by atoms with Crippen LogP contribution in [0.25, 0.3) is 0 Å². The number of nitrogens with zero attached hydrogens (tertiary/aromatic N) is 1. The van der Waals surface area contributed by atoms with Gasteiger partial charge in [-0.1, -0.05) is 6.07 Å². The van der Waals surface area contributed by atoms with Gasteiger partial charge in [0.05, 0.1) is 18.4 Å². The van der Waals surface area contributed by atoms with Gasteiger partial charge in [-0.25, -0.2) is 4.79 Å². The van der Waals surface area contributed by atoms with Crippen LogP contribution in [0.2, 0.25) is 0 Å². The van der Waals surface area contributed by atoms with Crippen molar-refractivity contribution in [3.63, 3.8) is 0 Å². The van der Waals surface area contributed by atoms with Gasteiger partial charge in [0.1, 0.15) is 5.25 Å². The zero-order valence-electron chi connectivity index (χ0n) is 10.9. The highest BCUT2D eigenvalue weighted by Crippen LogP contribution is 2.35. The summed E-state index contributed by atoms with van der Waals surface area (Å²) in [6, 6.07) is 4.60. The number of carbonyl (C=O) groups is 2. The quantitative estimate of drug-likeness (QED) is 0.588. The number of methoxy groups -OCH3 is 1. The van der Waals surface area contributed by atoms with E-state index in [1.54, 1.807) is 12.1 Å². The summed E-state index contributed by atoms with van der Waals surface area (Å²) < 4.78 is 40.0. The zero-order chi connectivity index (χ0) is 15.8. The molecule has 0 radical (unpaired) electrons. The van der Waals surface area contributed by atoms with Crippen LogP contribution < -0.4 is 4.90 Å². The second-order valence-electron chi connectivity index (χ2n) is 4.43. The molecule has 0 saturated carbocycles. The van der Waals surface area contributed by atoms with Gasteiger partial charge in [0.15, 0.2) is 0 Å². The van der Waals surface area contributed by atoms with E-state index in [-0.39, 0.29) is 17.8 Å². The average molecular weight is 380 g/mol. The van der Waals surface area contributed by atoms with E-state index < -0.39 is 33.8 Å². The van der Waals surface area contributed by atoms with Crippen molar-refractivity contribution < 1.29 is 26.6 Å². The van der Waals surface area contributed by atoms with Crippen molar-refractivity contribution in [2.24, 2.45) is 0 Å². The van der Waals surface area contributed by atoms with Gasteiger partial charge in [0.25, 0.3) is 0 Å². The first kappa shape index (κ1) is 15.9. The van der Waals surface area contributed by atoms with E-state index in [4.69, 9.17) is 0 Å². The van der Waals surface area contributed by atoms with Crippen LogP contribution in [0, 0.1) is 0 Å². The summed E-state index contributed by atoms with van der Waals surface area (Å²) in [5.41, 5.74) is 0.276. The molecule has 1 aromatic carbocycles. The molecule has 1 heterocycles. The van der Waals surface area contributed by atoms with Crippen molar-refractivity contribution in [2.75, 3.05) is 18.6 Å². The molecule has 0 aromatic heterocycles. The molecule has 1 unspecified atom stereocenters. The van der Waals surface area contributed by atoms with Crippen LogP contribution in [0.1, 0.15) is 16.8 Å². The molecule has 1 saturated heterocycles. The number of amides is 1. The summed E-state index contributed by atoms with van der Waals surface area (Å²) in [7, 11) is -3.63. The Morgan fingerprint density at radius 3 is 2.67 bits per heavy atom. The van der Waals surface area contributed by atoms with Crippen LogP contribution in [-0.2, 0) is 19.8 Å². The molecular formula is C12H11BrFNO5S. The van der Waals surface area contributed by atoms with E-state index in [0.29, 0.717) is 4.47 Å². The molecule has 1 aromatic rings. The maximum absolute atomic E-state index is 13.1. The lowest BCUT2D eigenvalue weighted by Crippen LogP contribution is -2.29. The summed E-state index contributed by atoms with van der Waals surface area (Å²) in [6.45, 7) is -0.343. The first-order valence-corrected chi connectivity index (χ1v) is 8.10. The standard InChI is InChI=1S/C12H11BrFNO5S/c1-20-12(17)8-3-2-4-9(13)11(8)15-6-7(5-10(15)16)21(14,18)19/h2-4,7H,5-6H2,1H3. The maximum atomic E-state index is 13.1. The third kappa shape index (κ3) is 3.08. The molecule has 1 amide bonds. The minimum Gasteiger partial charge on any atom is -0.465 e. The van der Waals surface area contributed by atoms with Gasteiger partial charge in [-0.2, -0.15) is 8.42 Å². The van der Waals surface area contributed by atoms with Gasteiger partial charge >= 0.3 is 16.2 Å². The van der Waals surface area contributed by atoms with Crippen LogP contribution in [-0.4, -0.2) is 39.2 Å². The third-order valence-corrected chi connectivity index (χ3v) is 4.90. The highest BCUT2D eigenvalue weighted by atomic mass is 79.9. The Morgan fingerprint density at radius 2 is 2.14 bits per heavy atom. The fourth-order valence-corrected chi connectivity index (χ4v) is 3.39. The van der Waals surface area contributed by atoms with Crippen LogP contribution in [0.15, 0.2) is 22.7 Å². The van der Waals surface area contributed by atoms with Crippen LogP contribution in [0.4, 0.5) is 9.57 Å². The third-order valence-electron chi connectivity index (χ3n) is 3.15. The summed E-state index contributed by atoms with van der Waals surface area (Å²) in [4.78, 5) is 24.8. The van der Waals surface area contributed by atoms with Crippen LogP contribution >= 0.6 is 15.9 Å².